The van der Waals surface area contributed by atoms with Crippen LogP contribution in [-0.4, -0.2) is 34.4 Å². The van der Waals surface area contributed by atoms with Gasteiger partial charge in [0.15, 0.2) is 0 Å². The smallest absolute Gasteiger partial charge is 0.226 e. The first-order valence-electron chi connectivity index (χ1n) is 7.55. The molecule has 2 aromatic heterocycles. The van der Waals surface area contributed by atoms with E-state index in [2.05, 4.69) is 15.4 Å². The number of nitrogens with one attached hydrogen (secondary N) is 1. The lowest BCUT2D eigenvalue weighted by Gasteiger charge is -2.18. The lowest BCUT2D eigenvalue weighted by atomic mass is 9.98. The van der Waals surface area contributed by atoms with Gasteiger partial charge >= 0.3 is 0 Å². The Hall–Kier alpha value is -2.41. The summed E-state index contributed by atoms with van der Waals surface area (Å²) < 4.78 is 12.5. The Morgan fingerprint density at radius 3 is 3.00 bits per heavy atom. The molecule has 0 aromatic carbocycles. The number of methoxy groups -OCH3 is 1. The second-order valence-corrected chi connectivity index (χ2v) is 5.49. The second-order valence-electron chi connectivity index (χ2n) is 5.49. The van der Waals surface area contributed by atoms with Gasteiger partial charge in [-0.25, -0.2) is 4.98 Å². The molecule has 1 fully saturated rings. The SMILES string of the molecule is COc1ccc(CNC(=O)[C@@H]2CCO[C@H]2c2ccnn2C)cn1. The fraction of sp³-hybridized carbons (Fsp3) is 0.438. The van der Waals surface area contributed by atoms with E-state index < -0.39 is 0 Å². The van der Waals surface area contributed by atoms with Crippen molar-refractivity contribution in [3.63, 3.8) is 0 Å². The second kappa shape index (κ2) is 6.78. The summed E-state index contributed by atoms with van der Waals surface area (Å²) in [6.07, 6.45) is 3.89. The lowest BCUT2D eigenvalue weighted by Crippen LogP contribution is -2.32. The molecule has 3 heterocycles. The van der Waals surface area contributed by atoms with Crippen molar-refractivity contribution < 1.29 is 14.3 Å². The van der Waals surface area contributed by atoms with E-state index in [0.717, 1.165) is 11.3 Å². The molecule has 0 radical (unpaired) electrons. The van der Waals surface area contributed by atoms with E-state index in [4.69, 9.17) is 9.47 Å². The molecule has 1 amide bonds. The number of carbonyl (C=O) groups is 1. The van der Waals surface area contributed by atoms with Gasteiger partial charge in [0, 0.05) is 38.7 Å². The van der Waals surface area contributed by atoms with Crippen LogP contribution in [0, 0.1) is 5.92 Å². The Kier molecular flexibility index (Phi) is 4.57. The summed E-state index contributed by atoms with van der Waals surface area (Å²) in [4.78, 5) is 16.6. The number of hydrogen-bond acceptors (Lipinski definition) is 5. The van der Waals surface area contributed by atoms with Crippen molar-refractivity contribution in [2.45, 2.75) is 19.1 Å². The highest BCUT2D eigenvalue weighted by atomic mass is 16.5. The molecule has 0 unspecified atom stereocenters. The molecule has 23 heavy (non-hydrogen) atoms. The Morgan fingerprint density at radius 1 is 1.48 bits per heavy atom. The molecule has 1 N–H and O–H groups in total. The van der Waals surface area contributed by atoms with Crippen LogP contribution < -0.4 is 10.1 Å². The maximum Gasteiger partial charge on any atom is 0.226 e. The van der Waals surface area contributed by atoms with Gasteiger partial charge in [-0.3, -0.25) is 9.48 Å². The van der Waals surface area contributed by atoms with Gasteiger partial charge in [-0.2, -0.15) is 5.10 Å². The number of aryl methyl sites for hydroxylation is 1. The summed E-state index contributed by atoms with van der Waals surface area (Å²) in [6.45, 7) is 1.02. The molecular weight excluding hydrogens is 296 g/mol. The molecule has 0 spiro atoms. The third kappa shape index (κ3) is 3.34. The number of ether oxygens (including phenoxy) is 2. The first-order chi connectivity index (χ1) is 11.2. The first-order valence-corrected chi connectivity index (χ1v) is 7.55. The minimum atomic E-state index is -0.239. The minimum absolute atomic E-state index is 0.00971. The van der Waals surface area contributed by atoms with Crippen LogP contribution in [0.5, 0.6) is 5.88 Å². The topological polar surface area (TPSA) is 78.3 Å². The Morgan fingerprint density at radius 2 is 2.35 bits per heavy atom. The van der Waals surface area contributed by atoms with Gasteiger partial charge in [0.05, 0.1) is 18.7 Å². The summed E-state index contributed by atoms with van der Waals surface area (Å²) in [6, 6.07) is 5.55. The predicted octanol–water partition coefficient (Wildman–Crippen LogP) is 1.22. The number of carbonyl (C=O) groups excluding carboxylic acids is 1. The molecule has 122 valence electrons. The zero-order chi connectivity index (χ0) is 16.2. The molecule has 3 rings (SSSR count). The predicted molar refractivity (Wildman–Crippen MR) is 82.6 cm³/mol. The molecule has 7 heteroatoms. The van der Waals surface area contributed by atoms with Crippen molar-refractivity contribution in [1.29, 1.82) is 0 Å². The number of hydrogen-bond donors (Lipinski definition) is 1. The number of aromatic nitrogens is 3. The van der Waals surface area contributed by atoms with E-state index >= 15 is 0 Å². The van der Waals surface area contributed by atoms with Crippen LogP contribution in [0.3, 0.4) is 0 Å². The van der Waals surface area contributed by atoms with Crippen molar-refractivity contribution in [1.82, 2.24) is 20.1 Å². The van der Waals surface area contributed by atoms with Crippen molar-refractivity contribution in [3.8, 4) is 5.88 Å². The van der Waals surface area contributed by atoms with E-state index in [1.165, 1.54) is 0 Å². The lowest BCUT2D eigenvalue weighted by molar-refractivity contribution is -0.127. The quantitative estimate of drug-likeness (QED) is 0.897. The van der Waals surface area contributed by atoms with Crippen LogP contribution >= 0.6 is 0 Å². The van der Waals surface area contributed by atoms with Crippen LogP contribution in [0.1, 0.15) is 23.8 Å². The zero-order valence-electron chi connectivity index (χ0n) is 13.2. The molecule has 0 aliphatic carbocycles. The van der Waals surface area contributed by atoms with Gasteiger partial charge in [0.25, 0.3) is 0 Å². The molecule has 1 aliphatic heterocycles. The Balaban J connectivity index is 1.62. The van der Waals surface area contributed by atoms with Crippen LogP contribution in [0.2, 0.25) is 0 Å². The summed E-state index contributed by atoms with van der Waals surface area (Å²) in [5.74, 6) is 0.349. The summed E-state index contributed by atoms with van der Waals surface area (Å²) in [5.41, 5.74) is 1.85. The molecular formula is C16H20N4O3. The Labute approximate surface area is 134 Å². The highest BCUT2D eigenvalue weighted by Crippen LogP contribution is 2.34. The van der Waals surface area contributed by atoms with Crippen molar-refractivity contribution in [2.24, 2.45) is 13.0 Å². The Bertz CT molecular complexity index is 668. The van der Waals surface area contributed by atoms with E-state index in [1.807, 2.05) is 19.2 Å². The molecule has 0 bridgehead atoms. The third-order valence-electron chi connectivity index (χ3n) is 4.05. The molecule has 2 atom stereocenters. The number of amides is 1. The summed E-state index contributed by atoms with van der Waals surface area (Å²) in [5, 5.41) is 7.11. The normalized spacial score (nSPS) is 20.4. The van der Waals surface area contributed by atoms with Crippen LogP contribution in [0.15, 0.2) is 30.6 Å². The summed E-state index contributed by atoms with van der Waals surface area (Å²) >= 11 is 0. The molecule has 7 nitrogen and oxygen atoms in total. The van der Waals surface area contributed by atoms with Gasteiger partial charge in [0.2, 0.25) is 11.8 Å². The average Bonchev–Trinajstić information content (AvgIpc) is 3.21. The van der Waals surface area contributed by atoms with Crippen LogP contribution in [-0.2, 0) is 23.1 Å². The largest absolute Gasteiger partial charge is 0.481 e. The fourth-order valence-corrected chi connectivity index (χ4v) is 2.77. The monoisotopic (exact) mass is 316 g/mol. The summed E-state index contributed by atoms with van der Waals surface area (Å²) in [7, 11) is 3.43. The van der Waals surface area contributed by atoms with Gasteiger partial charge < -0.3 is 14.8 Å². The average molecular weight is 316 g/mol. The highest BCUT2D eigenvalue weighted by Gasteiger charge is 2.36. The van der Waals surface area contributed by atoms with Gasteiger partial charge in [-0.05, 0) is 18.1 Å². The van der Waals surface area contributed by atoms with Crippen LogP contribution in [0.25, 0.3) is 0 Å². The first kappa shape index (κ1) is 15.5. The van der Waals surface area contributed by atoms with Crippen molar-refractivity contribution >= 4 is 5.91 Å². The van der Waals surface area contributed by atoms with Crippen LogP contribution in [0.4, 0.5) is 0 Å². The van der Waals surface area contributed by atoms with Crippen molar-refractivity contribution in [3.05, 3.63) is 41.9 Å². The molecule has 1 saturated heterocycles. The zero-order valence-corrected chi connectivity index (χ0v) is 13.2. The van der Waals surface area contributed by atoms with E-state index in [0.29, 0.717) is 25.5 Å². The standard InChI is InChI=1S/C16H20N4O3/c1-20-13(5-7-19-20)15-12(6-8-23-15)16(21)18-10-11-3-4-14(22-2)17-9-11/h3-5,7,9,12,15H,6,8,10H2,1-2H3,(H,18,21)/t12-,15-/m1/s1. The highest BCUT2D eigenvalue weighted by molar-refractivity contribution is 5.79. The number of rotatable bonds is 5. The van der Waals surface area contributed by atoms with E-state index in [1.54, 1.807) is 30.3 Å². The van der Waals surface area contributed by atoms with Gasteiger partial charge in [0.1, 0.15) is 6.10 Å². The van der Waals surface area contributed by atoms with Gasteiger partial charge in [-0.15, -0.1) is 0 Å². The minimum Gasteiger partial charge on any atom is -0.481 e. The van der Waals surface area contributed by atoms with E-state index in [9.17, 15) is 4.79 Å². The number of nitrogens with zero attached hydrogens (tertiary/aromatic N) is 3. The van der Waals surface area contributed by atoms with Crippen molar-refractivity contribution in [2.75, 3.05) is 13.7 Å². The molecule has 1 aliphatic rings. The molecule has 0 saturated carbocycles. The molecule has 2 aromatic rings. The number of pyridine rings is 1. The maximum absolute atomic E-state index is 12.5. The van der Waals surface area contributed by atoms with Gasteiger partial charge in [-0.1, -0.05) is 6.07 Å². The third-order valence-corrected chi connectivity index (χ3v) is 4.05. The fourth-order valence-electron chi connectivity index (χ4n) is 2.77. The maximum atomic E-state index is 12.5. The van der Waals surface area contributed by atoms with E-state index in [-0.39, 0.29) is 17.9 Å².